The van der Waals surface area contributed by atoms with Crippen LogP contribution in [-0.2, 0) is 11.9 Å². The number of hydrazine groups is 1. The van der Waals surface area contributed by atoms with E-state index < -0.39 is 0 Å². The molecule has 26 heavy (non-hydrogen) atoms. The maximum Gasteiger partial charge on any atom is 0.193 e. The van der Waals surface area contributed by atoms with E-state index in [0.29, 0.717) is 17.2 Å². The molecule has 130 valence electrons. The van der Waals surface area contributed by atoms with Crippen molar-refractivity contribution in [2.45, 2.75) is 5.16 Å². The van der Waals surface area contributed by atoms with Crippen molar-refractivity contribution < 1.29 is 4.84 Å². The third-order valence-corrected chi connectivity index (χ3v) is 5.62. The molecule has 7 nitrogen and oxygen atoms in total. The van der Waals surface area contributed by atoms with Crippen LogP contribution in [-0.4, -0.2) is 25.7 Å². The van der Waals surface area contributed by atoms with E-state index >= 15 is 0 Å². The van der Waals surface area contributed by atoms with E-state index in [2.05, 4.69) is 21.9 Å². The molecule has 0 radical (unpaired) electrons. The zero-order chi connectivity index (χ0) is 17.9. The summed E-state index contributed by atoms with van der Waals surface area (Å²) in [5, 5.41) is 22.2. The summed E-state index contributed by atoms with van der Waals surface area (Å²) >= 11 is 3.19. The lowest BCUT2D eigenvalue weighted by molar-refractivity contribution is 0.0607. The van der Waals surface area contributed by atoms with Gasteiger partial charge in [-0.1, -0.05) is 35.6 Å². The van der Waals surface area contributed by atoms with Gasteiger partial charge in [0.1, 0.15) is 0 Å². The Labute approximate surface area is 158 Å². The van der Waals surface area contributed by atoms with Gasteiger partial charge >= 0.3 is 0 Å². The largest absolute Gasteiger partial charge is 0.387 e. The number of nitrogens with zero attached hydrogens (tertiary/aromatic N) is 5. The first-order valence-electron chi connectivity index (χ1n) is 7.72. The second-order valence-electron chi connectivity index (χ2n) is 5.47. The van der Waals surface area contributed by atoms with Gasteiger partial charge in [-0.2, -0.15) is 5.26 Å². The average Bonchev–Trinajstić information content (AvgIpc) is 3.41. The van der Waals surface area contributed by atoms with E-state index in [4.69, 9.17) is 10.1 Å². The quantitative estimate of drug-likeness (QED) is 0.679. The number of nitrogens with one attached hydrogen (secondary N) is 1. The summed E-state index contributed by atoms with van der Waals surface area (Å²) in [6.45, 7) is 0. The van der Waals surface area contributed by atoms with Crippen LogP contribution >= 0.6 is 23.1 Å². The van der Waals surface area contributed by atoms with Gasteiger partial charge in [-0.3, -0.25) is 5.01 Å². The van der Waals surface area contributed by atoms with Crippen LogP contribution in [0.4, 0.5) is 0 Å². The molecule has 0 saturated heterocycles. The molecule has 0 aliphatic carbocycles. The zero-order valence-corrected chi connectivity index (χ0v) is 15.4. The second-order valence-corrected chi connectivity index (χ2v) is 7.32. The Bertz CT molecular complexity index is 989. The van der Waals surface area contributed by atoms with Crippen molar-refractivity contribution >= 4 is 28.9 Å². The number of rotatable bonds is 5. The van der Waals surface area contributed by atoms with Gasteiger partial charge < -0.3 is 9.40 Å². The third kappa shape index (κ3) is 3.30. The van der Waals surface area contributed by atoms with Crippen molar-refractivity contribution in [2.75, 3.05) is 5.88 Å². The lowest BCUT2D eigenvalue weighted by atomic mass is 10.1. The van der Waals surface area contributed by atoms with Gasteiger partial charge in [-0.25, -0.2) is 0 Å². The van der Waals surface area contributed by atoms with Crippen LogP contribution < -0.4 is 5.59 Å². The second kappa shape index (κ2) is 7.21. The monoisotopic (exact) mass is 382 g/mol. The zero-order valence-electron chi connectivity index (χ0n) is 13.8. The molecule has 2 aromatic heterocycles. The molecule has 0 spiro atoms. The highest BCUT2D eigenvalue weighted by atomic mass is 32.2. The molecule has 0 bridgehead atoms. The Morgan fingerprint density at radius 1 is 1.31 bits per heavy atom. The number of benzene rings is 1. The highest BCUT2D eigenvalue weighted by molar-refractivity contribution is 7.99. The summed E-state index contributed by atoms with van der Waals surface area (Å²) in [5.41, 5.74) is 4.30. The molecule has 0 amide bonds. The molecule has 0 fully saturated rings. The minimum Gasteiger partial charge on any atom is -0.387 e. The first kappa shape index (κ1) is 16.7. The highest BCUT2D eigenvalue weighted by Crippen LogP contribution is 2.27. The van der Waals surface area contributed by atoms with Crippen LogP contribution in [0.1, 0.15) is 11.1 Å². The molecule has 1 aliphatic rings. The molecule has 3 aromatic rings. The van der Waals surface area contributed by atoms with E-state index in [1.807, 2.05) is 52.5 Å². The standard InChI is InChI=1S/C17H14N6OS2/c1-22-16(15-6-3-7-25-15)19-20-17(22)26-11-23-10-14(24-21-23)13-5-2-4-12(8-13)9-18/h2-8,10,21H,11H2,1H3. The lowest BCUT2D eigenvalue weighted by Crippen LogP contribution is -2.27. The molecule has 1 aliphatic heterocycles. The molecule has 4 rings (SSSR count). The molecular weight excluding hydrogens is 368 g/mol. The molecule has 0 unspecified atom stereocenters. The first-order valence-corrected chi connectivity index (χ1v) is 9.58. The summed E-state index contributed by atoms with van der Waals surface area (Å²) in [6, 6.07) is 13.5. The van der Waals surface area contributed by atoms with Crippen LogP contribution in [0.2, 0.25) is 0 Å². The van der Waals surface area contributed by atoms with Crippen molar-refractivity contribution in [3.05, 3.63) is 59.1 Å². The van der Waals surface area contributed by atoms with Crippen molar-refractivity contribution in [1.29, 1.82) is 5.26 Å². The van der Waals surface area contributed by atoms with E-state index in [0.717, 1.165) is 21.4 Å². The van der Waals surface area contributed by atoms with Crippen molar-refractivity contribution in [2.24, 2.45) is 7.05 Å². The van der Waals surface area contributed by atoms with Crippen LogP contribution in [0.5, 0.6) is 0 Å². The molecule has 0 atom stereocenters. The molecule has 9 heteroatoms. The van der Waals surface area contributed by atoms with E-state index in [1.54, 1.807) is 35.2 Å². The molecule has 1 aromatic carbocycles. The Morgan fingerprint density at radius 3 is 3.04 bits per heavy atom. The van der Waals surface area contributed by atoms with Crippen molar-refractivity contribution in [3.8, 4) is 16.8 Å². The SMILES string of the molecule is Cn1c(SCN2C=C(c3cccc(C#N)c3)ON2)nnc1-c1cccs1. The van der Waals surface area contributed by atoms with Crippen LogP contribution in [0.15, 0.2) is 53.1 Å². The van der Waals surface area contributed by atoms with Crippen LogP contribution in [0.3, 0.4) is 0 Å². The normalized spacial score (nSPS) is 13.4. The van der Waals surface area contributed by atoms with Crippen molar-refractivity contribution in [1.82, 2.24) is 25.4 Å². The van der Waals surface area contributed by atoms with Gasteiger partial charge in [0.15, 0.2) is 16.7 Å². The minimum atomic E-state index is 0.595. The van der Waals surface area contributed by atoms with Crippen LogP contribution in [0.25, 0.3) is 16.5 Å². The number of hydrogen-bond acceptors (Lipinski definition) is 8. The molecule has 0 saturated carbocycles. The van der Waals surface area contributed by atoms with Gasteiger partial charge in [-0.05, 0) is 23.6 Å². The number of thioether (sulfide) groups is 1. The summed E-state index contributed by atoms with van der Waals surface area (Å²) in [5.74, 6) is 2.12. The van der Waals surface area contributed by atoms with E-state index in [1.165, 1.54) is 0 Å². The summed E-state index contributed by atoms with van der Waals surface area (Å²) in [4.78, 5) is 6.60. The Kier molecular flexibility index (Phi) is 4.62. The molecule has 1 N–H and O–H groups in total. The van der Waals surface area contributed by atoms with Gasteiger partial charge in [0.2, 0.25) is 0 Å². The fourth-order valence-electron chi connectivity index (χ4n) is 2.43. The topological polar surface area (TPSA) is 79.0 Å². The summed E-state index contributed by atoms with van der Waals surface area (Å²) in [7, 11) is 1.96. The average molecular weight is 382 g/mol. The molecular formula is C17H14N6OS2. The maximum atomic E-state index is 9.01. The fourth-order valence-corrected chi connectivity index (χ4v) is 3.93. The van der Waals surface area contributed by atoms with Crippen LogP contribution in [0, 0.1) is 11.3 Å². The number of thiophene rings is 1. The number of aromatic nitrogens is 3. The van der Waals surface area contributed by atoms with Gasteiger partial charge in [-0.15, -0.1) is 21.5 Å². The predicted octanol–water partition coefficient (Wildman–Crippen LogP) is 3.22. The van der Waals surface area contributed by atoms with Gasteiger partial charge in [0.05, 0.1) is 28.6 Å². The Balaban J connectivity index is 1.43. The smallest absolute Gasteiger partial charge is 0.193 e. The third-order valence-electron chi connectivity index (χ3n) is 3.73. The van der Waals surface area contributed by atoms with Crippen molar-refractivity contribution in [3.63, 3.8) is 0 Å². The van der Waals surface area contributed by atoms with Gasteiger partial charge in [0.25, 0.3) is 0 Å². The highest BCUT2D eigenvalue weighted by Gasteiger charge is 2.18. The fraction of sp³-hybridized carbons (Fsp3) is 0.118. The number of nitriles is 1. The number of hydrogen-bond donors (Lipinski definition) is 1. The van der Waals surface area contributed by atoms with E-state index in [9.17, 15) is 0 Å². The Morgan fingerprint density at radius 2 is 2.23 bits per heavy atom. The maximum absolute atomic E-state index is 9.01. The minimum absolute atomic E-state index is 0.595. The summed E-state index contributed by atoms with van der Waals surface area (Å²) in [6.07, 6.45) is 1.86. The first-order chi connectivity index (χ1) is 12.7. The lowest BCUT2D eigenvalue weighted by Gasteiger charge is -2.12. The Hall–Kier alpha value is -2.80. The summed E-state index contributed by atoms with van der Waals surface area (Å²) < 4.78 is 1.98. The van der Waals surface area contributed by atoms with Gasteiger partial charge in [0, 0.05) is 12.6 Å². The molecule has 3 heterocycles. The predicted molar refractivity (Wildman–Crippen MR) is 100 cm³/mol. The van der Waals surface area contributed by atoms with E-state index in [-0.39, 0.29) is 0 Å².